The van der Waals surface area contributed by atoms with Crippen molar-refractivity contribution in [2.45, 2.75) is 12.5 Å². The summed E-state index contributed by atoms with van der Waals surface area (Å²) in [5.41, 5.74) is 1.15. The molecular weight excluding hydrogens is 368 g/mol. The van der Waals surface area contributed by atoms with Crippen molar-refractivity contribution in [3.8, 4) is 0 Å². The van der Waals surface area contributed by atoms with Crippen molar-refractivity contribution in [1.29, 1.82) is 0 Å². The van der Waals surface area contributed by atoms with E-state index in [4.69, 9.17) is 11.6 Å². The highest BCUT2D eigenvalue weighted by Crippen LogP contribution is 2.17. The molecule has 4 amide bonds. The first-order valence-electron chi connectivity index (χ1n) is 8.49. The third-order valence-electron chi connectivity index (χ3n) is 4.10. The Morgan fingerprint density at radius 1 is 1.07 bits per heavy atom. The summed E-state index contributed by atoms with van der Waals surface area (Å²) < 4.78 is 0. The fourth-order valence-electron chi connectivity index (χ4n) is 2.83. The molecule has 0 saturated carbocycles. The minimum atomic E-state index is -0.887. The Morgan fingerprint density at radius 2 is 1.81 bits per heavy atom. The van der Waals surface area contributed by atoms with E-state index >= 15 is 0 Å². The summed E-state index contributed by atoms with van der Waals surface area (Å²) >= 11 is 5.91. The van der Waals surface area contributed by atoms with Crippen LogP contribution in [0.25, 0.3) is 0 Å². The quantitative estimate of drug-likeness (QED) is 0.754. The number of para-hydroxylation sites is 1. The molecule has 2 aromatic carbocycles. The van der Waals surface area contributed by atoms with Gasteiger partial charge in [-0.05, 0) is 30.3 Å². The second-order valence-corrected chi connectivity index (χ2v) is 6.50. The van der Waals surface area contributed by atoms with Crippen LogP contribution in [0.15, 0.2) is 54.6 Å². The third-order valence-corrected chi connectivity index (χ3v) is 4.34. The number of hydrogen-bond acceptors (Lipinski definition) is 3. The number of carbonyl (C=O) groups excluding carboxylic acids is 3. The van der Waals surface area contributed by atoms with Crippen LogP contribution in [0.4, 0.5) is 16.2 Å². The van der Waals surface area contributed by atoms with E-state index in [1.165, 1.54) is 4.90 Å². The van der Waals surface area contributed by atoms with Crippen LogP contribution in [0.3, 0.4) is 0 Å². The number of nitrogens with zero attached hydrogens (tertiary/aromatic N) is 1. The molecular formula is C19H19ClN4O3. The van der Waals surface area contributed by atoms with Crippen LogP contribution in [0.2, 0.25) is 5.02 Å². The lowest BCUT2D eigenvalue weighted by Gasteiger charge is -2.34. The van der Waals surface area contributed by atoms with Crippen molar-refractivity contribution >= 4 is 40.8 Å². The first kappa shape index (κ1) is 18.7. The standard InChI is InChI=1S/C19H19ClN4O3/c20-13-5-4-8-15(11-13)22-17(25)12-16-18(26)21-9-10-24(16)19(27)23-14-6-2-1-3-7-14/h1-8,11,16H,9-10,12H2,(H,21,26)(H,22,25)(H,23,27)/t16-/m0/s1. The molecule has 0 bridgehead atoms. The van der Waals surface area contributed by atoms with Gasteiger partial charge in [-0.2, -0.15) is 0 Å². The van der Waals surface area contributed by atoms with Crippen LogP contribution in [-0.4, -0.2) is 41.9 Å². The van der Waals surface area contributed by atoms with Gasteiger partial charge in [0.25, 0.3) is 0 Å². The number of piperazine rings is 1. The Kier molecular flexibility index (Phi) is 5.93. The fraction of sp³-hybridized carbons (Fsp3) is 0.211. The Labute approximate surface area is 161 Å². The molecule has 1 atom stereocenters. The summed E-state index contributed by atoms with van der Waals surface area (Å²) in [5.74, 6) is -0.734. The maximum absolute atomic E-state index is 12.6. The molecule has 7 nitrogen and oxygen atoms in total. The number of amides is 4. The molecule has 0 aliphatic carbocycles. The number of nitrogens with one attached hydrogen (secondary N) is 3. The van der Waals surface area contributed by atoms with E-state index in [-0.39, 0.29) is 18.2 Å². The summed E-state index contributed by atoms with van der Waals surface area (Å²) in [6, 6.07) is 14.4. The molecule has 1 aliphatic heterocycles. The normalized spacial score (nSPS) is 16.4. The molecule has 0 radical (unpaired) electrons. The number of carbonyl (C=O) groups is 3. The molecule has 0 unspecified atom stereocenters. The van der Waals surface area contributed by atoms with Crippen LogP contribution in [0.1, 0.15) is 6.42 Å². The molecule has 1 saturated heterocycles. The highest BCUT2D eigenvalue weighted by molar-refractivity contribution is 6.30. The molecule has 2 aromatic rings. The Balaban J connectivity index is 1.67. The number of anilines is 2. The lowest BCUT2D eigenvalue weighted by atomic mass is 10.1. The molecule has 3 N–H and O–H groups in total. The van der Waals surface area contributed by atoms with Crippen LogP contribution in [0, 0.1) is 0 Å². The Bertz CT molecular complexity index is 844. The van der Waals surface area contributed by atoms with E-state index in [2.05, 4.69) is 16.0 Å². The van der Waals surface area contributed by atoms with Crippen LogP contribution in [-0.2, 0) is 9.59 Å². The monoisotopic (exact) mass is 386 g/mol. The van der Waals surface area contributed by atoms with E-state index in [0.717, 1.165) is 0 Å². The number of benzene rings is 2. The second-order valence-electron chi connectivity index (χ2n) is 6.06. The van der Waals surface area contributed by atoms with Gasteiger partial charge in [-0.25, -0.2) is 4.79 Å². The van der Waals surface area contributed by atoms with E-state index in [0.29, 0.717) is 29.5 Å². The predicted octanol–water partition coefficient (Wildman–Crippen LogP) is 2.70. The summed E-state index contributed by atoms with van der Waals surface area (Å²) in [6.45, 7) is 0.660. The summed E-state index contributed by atoms with van der Waals surface area (Å²) in [6.07, 6.45) is -0.152. The van der Waals surface area contributed by atoms with Crippen LogP contribution in [0.5, 0.6) is 0 Å². The van der Waals surface area contributed by atoms with Gasteiger partial charge < -0.3 is 20.9 Å². The molecule has 8 heteroatoms. The molecule has 1 aliphatic rings. The summed E-state index contributed by atoms with van der Waals surface area (Å²) in [5, 5.41) is 8.64. The lowest BCUT2D eigenvalue weighted by molar-refractivity contribution is -0.130. The van der Waals surface area contributed by atoms with E-state index < -0.39 is 12.1 Å². The van der Waals surface area contributed by atoms with Crippen LogP contribution >= 0.6 is 11.6 Å². The van der Waals surface area contributed by atoms with Crippen molar-refractivity contribution in [1.82, 2.24) is 10.2 Å². The smallest absolute Gasteiger partial charge is 0.322 e. The van der Waals surface area contributed by atoms with Gasteiger partial charge in [-0.15, -0.1) is 0 Å². The number of halogens is 1. The molecule has 140 valence electrons. The zero-order chi connectivity index (χ0) is 19.2. The summed E-state index contributed by atoms with van der Waals surface area (Å²) in [4.78, 5) is 38.6. The second kappa shape index (κ2) is 8.55. The van der Waals surface area contributed by atoms with Crippen molar-refractivity contribution in [3.05, 3.63) is 59.6 Å². The molecule has 1 heterocycles. The van der Waals surface area contributed by atoms with Crippen molar-refractivity contribution < 1.29 is 14.4 Å². The van der Waals surface area contributed by atoms with Gasteiger partial charge in [0.05, 0.1) is 6.42 Å². The molecule has 0 spiro atoms. The van der Waals surface area contributed by atoms with Crippen molar-refractivity contribution in [3.63, 3.8) is 0 Å². The topological polar surface area (TPSA) is 90.5 Å². The van der Waals surface area contributed by atoms with E-state index in [1.54, 1.807) is 48.5 Å². The fourth-order valence-corrected chi connectivity index (χ4v) is 3.02. The van der Waals surface area contributed by atoms with Gasteiger partial charge in [0.2, 0.25) is 11.8 Å². The van der Waals surface area contributed by atoms with Gasteiger partial charge >= 0.3 is 6.03 Å². The van der Waals surface area contributed by atoms with E-state index in [1.807, 2.05) is 6.07 Å². The number of urea groups is 1. The SMILES string of the molecule is O=C(C[C@H]1C(=O)NCCN1C(=O)Nc1ccccc1)Nc1cccc(Cl)c1. The van der Waals surface area contributed by atoms with E-state index in [9.17, 15) is 14.4 Å². The predicted molar refractivity (Wildman–Crippen MR) is 104 cm³/mol. The highest BCUT2D eigenvalue weighted by Gasteiger charge is 2.34. The van der Waals surface area contributed by atoms with Crippen molar-refractivity contribution in [2.75, 3.05) is 23.7 Å². The maximum atomic E-state index is 12.6. The Hall–Kier alpha value is -3.06. The van der Waals surface area contributed by atoms with Gasteiger partial charge in [0, 0.05) is 29.5 Å². The van der Waals surface area contributed by atoms with Gasteiger partial charge in [-0.3, -0.25) is 9.59 Å². The zero-order valence-corrected chi connectivity index (χ0v) is 15.2. The first-order chi connectivity index (χ1) is 13.0. The average Bonchev–Trinajstić information content (AvgIpc) is 2.64. The minimum Gasteiger partial charge on any atom is -0.353 e. The molecule has 3 rings (SSSR count). The first-order valence-corrected chi connectivity index (χ1v) is 8.86. The highest BCUT2D eigenvalue weighted by atomic mass is 35.5. The third kappa shape index (κ3) is 4.98. The molecule has 0 aromatic heterocycles. The Morgan fingerprint density at radius 3 is 2.56 bits per heavy atom. The minimum absolute atomic E-state index is 0.152. The zero-order valence-electron chi connectivity index (χ0n) is 14.4. The molecule has 27 heavy (non-hydrogen) atoms. The van der Waals surface area contributed by atoms with Gasteiger partial charge in [0.15, 0.2) is 0 Å². The van der Waals surface area contributed by atoms with Gasteiger partial charge in [-0.1, -0.05) is 35.9 Å². The number of rotatable bonds is 4. The largest absolute Gasteiger partial charge is 0.353 e. The van der Waals surface area contributed by atoms with Crippen LogP contribution < -0.4 is 16.0 Å². The molecule has 1 fully saturated rings. The average molecular weight is 387 g/mol. The summed E-state index contributed by atoms with van der Waals surface area (Å²) in [7, 11) is 0. The maximum Gasteiger partial charge on any atom is 0.322 e. The lowest BCUT2D eigenvalue weighted by Crippen LogP contribution is -2.59. The van der Waals surface area contributed by atoms with Gasteiger partial charge in [0.1, 0.15) is 6.04 Å². The number of hydrogen-bond donors (Lipinski definition) is 3. The van der Waals surface area contributed by atoms with Crippen molar-refractivity contribution in [2.24, 2.45) is 0 Å².